The number of nitrogens with zero attached hydrogens (tertiary/aromatic N) is 1. The van der Waals surface area contributed by atoms with Crippen molar-refractivity contribution in [2.75, 3.05) is 5.32 Å². The molecule has 0 aliphatic heterocycles. The SMILES string of the molecule is O=C(CCC(=O)n1ccc2ccccc21)Nc1cc(C(F)(F)F)cc(C(F)(F)F)c1. The van der Waals surface area contributed by atoms with Crippen molar-refractivity contribution < 1.29 is 35.9 Å². The lowest BCUT2D eigenvalue weighted by molar-refractivity contribution is -0.143. The predicted octanol–water partition coefficient (Wildman–Crippen LogP) is 5.74. The molecular formula is C20H14F6N2O2. The topological polar surface area (TPSA) is 51.1 Å². The van der Waals surface area contributed by atoms with Gasteiger partial charge in [-0.1, -0.05) is 18.2 Å². The highest BCUT2D eigenvalue weighted by molar-refractivity contribution is 5.96. The van der Waals surface area contributed by atoms with Gasteiger partial charge in [0, 0.05) is 30.1 Å². The van der Waals surface area contributed by atoms with Gasteiger partial charge in [0.05, 0.1) is 16.6 Å². The van der Waals surface area contributed by atoms with E-state index in [1.54, 1.807) is 30.3 Å². The van der Waals surface area contributed by atoms with Crippen molar-refractivity contribution in [1.29, 1.82) is 0 Å². The van der Waals surface area contributed by atoms with Gasteiger partial charge in [0.25, 0.3) is 0 Å². The number of benzene rings is 2. The van der Waals surface area contributed by atoms with Gasteiger partial charge in [0.15, 0.2) is 0 Å². The highest BCUT2D eigenvalue weighted by Crippen LogP contribution is 2.37. The fraction of sp³-hybridized carbons (Fsp3) is 0.200. The largest absolute Gasteiger partial charge is 0.416 e. The minimum atomic E-state index is -5.02. The zero-order valence-corrected chi connectivity index (χ0v) is 15.1. The Kier molecular flexibility index (Phi) is 5.60. The highest BCUT2D eigenvalue weighted by atomic mass is 19.4. The number of amides is 1. The van der Waals surface area contributed by atoms with Crippen LogP contribution in [0.4, 0.5) is 32.0 Å². The van der Waals surface area contributed by atoms with Gasteiger partial charge in [-0.25, -0.2) is 0 Å². The first kappa shape index (κ1) is 21.4. The minimum absolute atomic E-state index is 0.0314. The van der Waals surface area contributed by atoms with Crippen LogP contribution < -0.4 is 5.32 Å². The molecule has 158 valence electrons. The third kappa shape index (κ3) is 4.81. The number of fused-ring (bicyclic) bond motifs is 1. The maximum atomic E-state index is 12.9. The molecule has 0 spiro atoms. The van der Waals surface area contributed by atoms with E-state index in [1.165, 1.54) is 10.8 Å². The fourth-order valence-corrected chi connectivity index (χ4v) is 2.89. The molecule has 0 aliphatic rings. The fourth-order valence-electron chi connectivity index (χ4n) is 2.89. The van der Waals surface area contributed by atoms with E-state index in [9.17, 15) is 35.9 Å². The first-order valence-electron chi connectivity index (χ1n) is 8.64. The number of carbonyl (C=O) groups excluding carboxylic acids is 2. The molecule has 1 aromatic heterocycles. The molecule has 0 bridgehead atoms. The van der Waals surface area contributed by atoms with Crippen LogP contribution in [0.5, 0.6) is 0 Å². The molecular weight excluding hydrogens is 414 g/mol. The van der Waals surface area contributed by atoms with Crippen molar-refractivity contribution in [2.24, 2.45) is 0 Å². The Balaban J connectivity index is 1.72. The van der Waals surface area contributed by atoms with Crippen molar-refractivity contribution in [3.05, 3.63) is 65.9 Å². The van der Waals surface area contributed by atoms with E-state index in [2.05, 4.69) is 0 Å². The molecule has 0 saturated heterocycles. The van der Waals surface area contributed by atoms with Crippen LogP contribution in [-0.4, -0.2) is 16.4 Å². The Bertz CT molecular complexity index is 1070. The van der Waals surface area contributed by atoms with E-state index in [0.29, 0.717) is 17.6 Å². The first-order valence-corrected chi connectivity index (χ1v) is 8.64. The second kappa shape index (κ2) is 7.85. The Hall–Kier alpha value is -3.30. The summed E-state index contributed by atoms with van der Waals surface area (Å²) in [6, 6.07) is 9.50. The average molecular weight is 428 g/mol. The molecule has 1 N–H and O–H groups in total. The number of para-hydroxylation sites is 1. The van der Waals surface area contributed by atoms with Crippen LogP contribution in [0.2, 0.25) is 0 Å². The van der Waals surface area contributed by atoms with Gasteiger partial charge in [-0.3, -0.25) is 14.2 Å². The summed E-state index contributed by atoms with van der Waals surface area (Å²) in [6.07, 6.45) is -9.22. The predicted molar refractivity (Wildman–Crippen MR) is 96.9 cm³/mol. The Morgan fingerprint density at radius 3 is 2.03 bits per heavy atom. The Labute approximate surface area is 166 Å². The van der Waals surface area contributed by atoms with E-state index in [4.69, 9.17) is 0 Å². The van der Waals surface area contributed by atoms with Crippen LogP contribution in [-0.2, 0) is 17.1 Å². The summed E-state index contributed by atoms with van der Waals surface area (Å²) in [7, 11) is 0. The van der Waals surface area contributed by atoms with Crippen molar-refractivity contribution >= 4 is 28.4 Å². The van der Waals surface area contributed by atoms with Gasteiger partial charge in [0.2, 0.25) is 11.8 Å². The minimum Gasteiger partial charge on any atom is -0.326 e. The summed E-state index contributed by atoms with van der Waals surface area (Å²) in [5.41, 5.74) is -3.11. The monoisotopic (exact) mass is 428 g/mol. The van der Waals surface area contributed by atoms with Gasteiger partial charge in [-0.15, -0.1) is 0 Å². The molecule has 4 nitrogen and oxygen atoms in total. The van der Waals surface area contributed by atoms with Crippen LogP contribution in [0.3, 0.4) is 0 Å². The summed E-state index contributed by atoms with van der Waals surface area (Å²) >= 11 is 0. The van der Waals surface area contributed by atoms with E-state index < -0.39 is 47.4 Å². The molecule has 1 heterocycles. The molecule has 2 aromatic carbocycles. The van der Waals surface area contributed by atoms with Gasteiger partial charge < -0.3 is 5.32 Å². The molecule has 3 aromatic rings. The van der Waals surface area contributed by atoms with Crippen LogP contribution >= 0.6 is 0 Å². The van der Waals surface area contributed by atoms with Crippen LogP contribution in [0, 0.1) is 0 Å². The maximum absolute atomic E-state index is 12.9. The number of rotatable bonds is 4. The lowest BCUT2D eigenvalue weighted by atomic mass is 10.1. The number of halogens is 6. The third-order valence-corrected chi connectivity index (χ3v) is 4.31. The molecule has 30 heavy (non-hydrogen) atoms. The van der Waals surface area contributed by atoms with Crippen LogP contribution in [0.15, 0.2) is 54.7 Å². The standard InChI is InChI=1S/C20H14F6N2O2/c21-19(22,23)13-9-14(20(24,25)26)11-15(10-13)27-17(29)5-6-18(30)28-8-7-12-3-1-2-4-16(12)28/h1-4,7-11H,5-6H2,(H,27,29). The third-order valence-electron chi connectivity index (χ3n) is 4.31. The van der Waals surface area contributed by atoms with Crippen molar-refractivity contribution in [2.45, 2.75) is 25.2 Å². The van der Waals surface area contributed by atoms with Crippen molar-refractivity contribution in [3.63, 3.8) is 0 Å². The maximum Gasteiger partial charge on any atom is 0.416 e. The quantitative estimate of drug-likeness (QED) is 0.539. The van der Waals surface area contributed by atoms with Crippen LogP contribution in [0.1, 0.15) is 28.8 Å². The molecule has 0 radical (unpaired) electrons. The zero-order valence-electron chi connectivity index (χ0n) is 15.1. The van der Waals surface area contributed by atoms with Gasteiger partial charge in [-0.05, 0) is 30.3 Å². The summed E-state index contributed by atoms with van der Waals surface area (Å²) < 4.78 is 78.6. The molecule has 0 saturated carbocycles. The number of anilines is 1. The number of hydrogen-bond donors (Lipinski definition) is 1. The molecule has 10 heteroatoms. The molecule has 3 rings (SSSR count). The second-order valence-corrected chi connectivity index (χ2v) is 6.48. The van der Waals surface area contributed by atoms with Gasteiger partial charge >= 0.3 is 12.4 Å². The zero-order chi connectivity index (χ0) is 22.1. The van der Waals surface area contributed by atoms with Crippen molar-refractivity contribution in [1.82, 2.24) is 4.57 Å². The van der Waals surface area contributed by atoms with Gasteiger partial charge in [0.1, 0.15) is 0 Å². The van der Waals surface area contributed by atoms with Crippen LogP contribution in [0.25, 0.3) is 10.9 Å². The number of alkyl halides is 6. The number of carbonyl (C=O) groups is 2. The lowest BCUT2D eigenvalue weighted by Gasteiger charge is -2.14. The van der Waals surface area contributed by atoms with E-state index in [-0.39, 0.29) is 12.5 Å². The van der Waals surface area contributed by atoms with Gasteiger partial charge in [-0.2, -0.15) is 26.3 Å². The second-order valence-electron chi connectivity index (χ2n) is 6.48. The van der Waals surface area contributed by atoms with E-state index in [0.717, 1.165) is 5.39 Å². The number of aromatic nitrogens is 1. The van der Waals surface area contributed by atoms with E-state index in [1.807, 2.05) is 5.32 Å². The molecule has 0 fully saturated rings. The highest BCUT2D eigenvalue weighted by Gasteiger charge is 2.37. The summed E-state index contributed by atoms with van der Waals surface area (Å²) in [5.74, 6) is -1.32. The Morgan fingerprint density at radius 2 is 1.43 bits per heavy atom. The smallest absolute Gasteiger partial charge is 0.326 e. The summed E-state index contributed by atoms with van der Waals surface area (Å²) in [5, 5.41) is 2.81. The first-order chi connectivity index (χ1) is 13.9. The normalized spacial score (nSPS) is 12.2. The molecule has 0 aliphatic carbocycles. The van der Waals surface area contributed by atoms with E-state index >= 15 is 0 Å². The number of nitrogens with one attached hydrogen (secondary N) is 1. The summed E-state index contributed by atoms with van der Waals surface area (Å²) in [4.78, 5) is 24.4. The summed E-state index contributed by atoms with van der Waals surface area (Å²) in [6.45, 7) is 0. The Morgan fingerprint density at radius 1 is 0.833 bits per heavy atom. The molecule has 1 amide bonds. The number of hydrogen-bond acceptors (Lipinski definition) is 2. The molecule has 0 unspecified atom stereocenters. The molecule has 0 atom stereocenters. The lowest BCUT2D eigenvalue weighted by Crippen LogP contribution is -2.18. The van der Waals surface area contributed by atoms with Crippen molar-refractivity contribution in [3.8, 4) is 0 Å². The average Bonchev–Trinajstić information content (AvgIpc) is 3.08.